The molecular formula is C19H28BNO5. The summed E-state index contributed by atoms with van der Waals surface area (Å²) in [4.78, 5) is 11.4. The van der Waals surface area contributed by atoms with Crippen LogP contribution in [-0.4, -0.2) is 45.0 Å². The van der Waals surface area contributed by atoms with E-state index in [0.717, 1.165) is 11.0 Å². The number of benzene rings is 1. The molecule has 0 unspecified atom stereocenters. The zero-order chi connectivity index (χ0) is 19.5. The van der Waals surface area contributed by atoms with Crippen LogP contribution in [0.25, 0.3) is 6.08 Å². The van der Waals surface area contributed by atoms with Crippen molar-refractivity contribution in [2.24, 2.45) is 0 Å². The number of carbonyl (C=O) groups is 1. The molecule has 1 heterocycles. The van der Waals surface area contributed by atoms with Crippen molar-refractivity contribution < 1.29 is 23.6 Å². The van der Waals surface area contributed by atoms with Crippen LogP contribution in [-0.2, 0) is 14.1 Å². The standard InChI is InChI=1S/C19H28BNO5/c1-13(22)21-12-14(20-25-18(2,3)19(4,5)26-20)11-15-16(23-6)9-8-10-17(15)24-7/h8-11H,12H2,1-7H3,(H,21,22). The third-order valence-corrected chi connectivity index (χ3v) is 4.89. The van der Waals surface area contributed by atoms with E-state index in [1.807, 2.05) is 52.0 Å². The van der Waals surface area contributed by atoms with Crippen molar-refractivity contribution >= 4 is 19.1 Å². The van der Waals surface area contributed by atoms with Gasteiger partial charge in [0.2, 0.25) is 5.91 Å². The van der Waals surface area contributed by atoms with Crippen LogP contribution in [0.2, 0.25) is 0 Å². The van der Waals surface area contributed by atoms with Crippen LogP contribution < -0.4 is 14.8 Å². The van der Waals surface area contributed by atoms with Crippen LogP contribution in [0.5, 0.6) is 11.5 Å². The largest absolute Gasteiger partial charge is 0.496 e. The van der Waals surface area contributed by atoms with Gasteiger partial charge in [-0.3, -0.25) is 4.79 Å². The Morgan fingerprint density at radius 3 is 2.04 bits per heavy atom. The highest BCUT2D eigenvalue weighted by Crippen LogP contribution is 2.39. The van der Waals surface area contributed by atoms with Crippen LogP contribution in [0.4, 0.5) is 0 Å². The highest BCUT2D eigenvalue weighted by Gasteiger charge is 2.52. The van der Waals surface area contributed by atoms with E-state index in [-0.39, 0.29) is 5.91 Å². The molecule has 142 valence electrons. The van der Waals surface area contributed by atoms with E-state index in [9.17, 15) is 4.79 Å². The zero-order valence-electron chi connectivity index (χ0n) is 16.6. The van der Waals surface area contributed by atoms with E-state index in [1.54, 1.807) is 14.2 Å². The first-order valence-corrected chi connectivity index (χ1v) is 8.63. The molecular weight excluding hydrogens is 333 g/mol. The third-order valence-electron chi connectivity index (χ3n) is 4.89. The summed E-state index contributed by atoms with van der Waals surface area (Å²) in [6.07, 6.45) is 1.90. The van der Waals surface area contributed by atoms with Crippen molar-refractivity contribution in [1.82, 2.24) is 5.32 Å². The van der Waals surface area contributed by atoms with Crippen molar-refractivity contribution in [2.75, 3.05) is 20.8 Å². The highest BCUT2D eigenvalue weighted by molar-refractivity contribution is 6.56. The second-order valence-corrected chi connectivity index (χ2v) is 7.29. The molecule has 1 aromatic rings. The molecule has 1 aliphatic heterocycles. The maximum Gasteiger partial charge on any atom is 0.492 e. The van der Waals surface area contributed by atoms with Crippen LogP contribution in [0.1, 0.15) is 40.2 Å². The molecule has 26 heavy (non-hydrogen) atoms. The van der Waals surface area contributed by atoms with Crippen LogP contribution >= 0.6 is 0 Å². The molecule has 7 heteroatoms. The predicted molar refractivity (Wildman–Crippen MR) is 102 cm³/mol. The monoisotopic (exact) mass is 361 g/mol. The highest BCUT2D eigenvalue weighted by atomic mass is 16.7. The predicted octanol–water partition coefficient (Wildman–Crippen LogP) is 2.85. The Labute approximate surface area is 156 Å². The van der Waals surface area contributed by atoms with Gasteiger partial charge in [-0.25, -0.2) is 0 Å². The van der Waals surface area contributed by atoms with Crippen molar-refractivity contribution in [1.29, 1.82) is 0 Å². The lowest BCUT2D eigenvalue weighted by molar-refractivity contribution is -0.118. The van der Waals surface area contributed by atoms with E-state index >= 15 is 0 Å². The molecule has 0 aromatic heterocycles. The Hall–Kier alpha value is -1.99. The van der Waals surface area contributed by atoms with Gasteiger partial charge in [-0.1, -0.05) is 6.07 Å². The fourth-order valence-corrected chi connectivity index (χ4v) is 2.63. The van der Waals surface area contributed by atoms with Crippen molar-refractivity contribution in [2.45, 2.75) is 45.8 Å². The average molecular weight is 361 g/mol. The Bertz CT molecular complexity index is 661. The van der Waals surface area contributed by atoms with E-state index in [4.69, 9.17) is 18.8 Å². The van der Waals surface area contributed by atoms with Gasteiger partial charge >= 0.3 is 7.12 Å². The first-order chi connectivity index (χ1) is 12.1. The number of hydrogen-bond acceptors (Lipinski definition) is 5. The minimum atomic E-state index is -0.582. The number of carbonyl (C=O) groups excluding carboxylic acids is 1. The minimum Gasteiger partial charge on any atom is -0.496 e. The number of hydrogen-bond donors (Lipinski definition) is 1. The summed E-state index contributed by atoms with van der Waals surface area (Å²) < 4.78 is 23.2. The molecule has 1 saturated heterocycles. The molecule has 1 N–H and O–H groups in total. The summed E-state index contributed by atoms with van der Waals surface area (Å²) in [6, 6.07) is 5.57. The van der Waals surface area contributed by atoms with Crippen molar-refractivity contribution in [3.05, 3.63) is 29.2 Å². The lowest BCUT2D eigenvalue weighted by Crippen LogP contribution is -2.41. The van der Waals surface area contributed by atoms with E-state index < -0.39 is 18.3 Å². The Balaban J connectivity index is 2.46. The van der Waals surface area contributed by atoms with E-state index in [1.165, 1.54) is 6.92 Å². The molecule has 1 aliphatic rings. The Morgan fingerprint density at radius 2 is 1.62 bits per heavy atom. The summed E-state index contributed by atoms with van der Waals surface area (Å²) >= 11 is 0. The topological polar surface area (TPSA) is 66.0 Å². The van der Waals surface area contributed by atoms with Crippen LogP contribution in [0.3, 0.4) is 0 Å². The fourth-order valence-electron chi connectivity index (χ4n) is 2.63. The van der Waals surface area contributed by atoms with E-state index in [0.29, 0.717) is 18.0 Å². The fraction of sp³-hybridized carbons (Fsp3) is 0.526. The van der Waals surface area contributed by atoms with Gasteiger partial charge < -0.3 is 24.1 Å². The Kier molecular flexibility index (Phi) is 6.03. The maximum atomic E-state index is 11.4. The van der Waals surface area contributed by atoms with Crippen molar-refractivity contribution in [3.63, 3.8) is 0 Å². The summed E-state index contributed by atoms with van der Waals surface area (Å²) in [7, 11) is 2.63. The third kappa shape index (κ3) is 4.22. The van der Waals surface area contributed by atoms with Crippen molar-refractivity contribution in [3.8, 4) is 11.5 Å². The lowest BCUT2D eigenvalue weighted by Gasteiger charge is -2.32. The number of ether oxygens (including phenoxy) is 2. The average Bonchev–Trinajstić information content (AvgIpc) is 2.78. The maximum absolute atomic E-state index is 11.4. The molecule has 1 fully saturated rings. The van der Waals surface area contributed by atoms with Gasteiger partial charge in [0.1, 0.15) is 11.5 Å². The number of amides is 1. The molecule has 0 atom stereocenters. The van der Waals surface area contributed by atoms with Gasteiger partial charge in [-0.05, 0) is 51.4 Å². The smallest absolute Gasteiger partial charge is 0.492 e. The quantitative estimate of drug-likeness (QED) is 0.790. The lowest BCUT2D eigenvalue weighted by atomic mass is 9.76. The normalized spacial score (nSPS) is 18.6. The summed E-state index contributed by atoms with van der Waals surface area (Å²) in [5.41, 5.74) is 0.601. The van der Waals surface area contributed by atoms with Gasteiger partial charge in [0.25, 0.3) is 0 Å². The van der Waals surface area contributed by atoms with Gasteiger partial charge in [-0.15, -0.1) is 0 Å². The van der Waals surface area contributed by atoms with Crippen LogP contribution in [0.15, 0.2) is 23.7 Å². The van der Waals surface area contributed by atoms with Crippen LogP contribution in [0, 0.1) is 0 Å². The summed E-state index contributed by atoms with van der Waals surface area (Å²) in [5, 5.41) is 2.82. The number of methoxy groups -OCH3 is 2. The molecule has 0 bridgehead atoms. The van der Waals surface area contributed by atoms with Gasteiger partial charge in [-0.2, -0.15) is 0 Å². The first kappa shape index (κ1) is 20.3. The van der Waals surface area contributed by atoms with Gasteiger partial charge in [0, 0.05) is 13.5 Å². The molecule has 0 saturated carbocycles. The molecule has 0 aliphatic carbocycles. The minimum absolute atomic E-state index is 0.126. The zero-order valence-corrected chi connectivity index (χ0v) is 16.6. The van der Waals surface area contributed by atoms with E-state index in [2.05, 4.69) is 5.32 Å². The molecule has 1 aromatic carbocycles. The molecule has 0 radical (unpaired) electrons. The Morgan fingerprint density at radius 1 is 1.12 bits per heavy atom. The molecule has 6 nitrogen and oxygen atoms in total. The second kappa shape index (κ2) is 7.72. The number of rotatable bonds is 6. The van der Waals surface area contributed by atoms with Gasteiger partial charge in [0.05, 0.1) is 31.0 Å². The second-order valence-electron chi connectivity index (χ2n) is 7.29. The molecule has 2 rings (SSSR count). The summed E-state index contributed by atoms with van der Waals surface area (Å²) in [5.74, 6) is 1.21. The first-order valence-electron chi connectivity index (χ1n) is 8.63. The SMILES string of the molecule is COc1cccc(OC)c1C=C(CNC(C)=O)B1OC(C)(C)C(C)(C)O1. The summed E-state index contributed by atoms with van der Waals surface area (Å²) in [6.45, 7) is 9.75. The number of nitrogens with one attached hydrogen (secondary N) is 1. The molecule has 1 amide bonds. The van der Waals surface area contributed by atoms with Gasteiger partial charge in [0.15, 0.2) is 0 Å². The molecule has 0 spiro atoms.